The lowest BCUT2D eigenvalue weighted by Crippen LogP contribution is -2.49. The Labute approximate surface area is 158 Å². The molecule has 0 heterocycles. The molecule has 0 spiro atoms. The van der Waals surface area contributed by atoms with E-state index in [0.717, 1.165) is 11.1 Å². The second-order valence-electron chi connectivity index (χ2n) is 6.28. The van der Waals surface area contributed by atoms with E-state index in [1.54, 1.807) is 26.0 Å². The fraction of sp³-hybridized carbons (Fsp3) is 0.286. The highest BCUT2D eigenvalue weighted by molar-refractivity contribution is 5.97. The van der Waals surface area contributed by atoms with Crippen LogP contribution in [0.5, 0.6) is 0 Å². The van der Waals surface area contributed by atoms with Gasteiger partial charge in [-0.15, -0.1) is 0 Å². The lowest BCUT2D eigenvalue weighted by Gasteiger charge is -2.21. The van der Waals surface area contributed by atoms with Gasteiger partial charge in [0.25, 0.3) is 5.91 Å². The van der Waals surface area contributed by atoms with Crippen LogP contribution in [0.1, 0.15) is 30.6 Å². The predicted octanol–water partition coefficient (Wildman–Crippen LogP) is 2.53. The molecular weight excluding hydrogens is 344 g/mol. The number of nitrogens with two attached hydrogens (primary N) is 1. The third-order valence-electron chi connectivity index (χ3n) is 4.21. The summed E-state index contributed by atoms with van der Waals surface area (Å²) in [6.07, 6.45) is -0.00529. The van der Waals surface area contributed by atoms with E-state index in [2.05, 4.69) is 5.32 Å². The number of carbonyl (C=O) groups is 3. The molecule has 6 heteroatoms. The predicted molar refractivity (Wildman–Crippen MR) is 103 cm³/mol. The molecule has 0 saturated carbocycles. The molecule has 0 bridgehead atoms. The molecule has 0 fully saturated rings. The highest BCUT2D eigenvalue weighted by atomic mass is 16.5. The fourth-order valence-corrected chi connectivity index (χ4v) is 2.76. The van der Waals surface area contributed by atoms with Gasteiger partial charge in [0, 0.05) is 5.56 Å². The van der Waals surface area contributed by atoms with E-state index in [0.29, 0.717) is 5.56 Å². The maximum absolute atomic E-state index is 12.5. The van der Waals surface area contributed by atoms with Crippen LogP contribution < -0.4 is 11.1 Å². The van der Waals surface area contributed by atoms with Crippen molar-refractivity contribution < 1.29 is 19.1 Å². The van der Waals surface area contributed by atoms with E-state index < -0.39 is 29.7 Å². The molecule has 0 aliphatic rings. The summed E-state index contributed by atoms with van der Waals surface area (Å²) in [5.74, 6) is -2.03. The molecule has 2 atom stereocenters. The van der Waals surface area contributed by atoms with Gasteiger partial charge in [-0.1, -0.05) is 49.4 Å². The maximum atomic E-state index is 12.5. The van der Waals surface area contributed by atoms with Crippen molar-refractivity contribution in [2.24, 2.45) is 11.7 Å². The van der Waals surface area contributed by atoms with Gasteiger partial charge < -0.3 is 15.8 Å². The fourth-order valence-electron chi connectivity index (χ4n) is 2.76. The monoisotopic (exact) mass is 368 g/mol. The highest BCUT2D eigenvalue weighted by Gasteiger charge is 2.27. The number of rotatable bonds is 8. The summed E-state index contributed by atoms with van der Waals surface area (Å²) in [5, 5.41) is 2.62. The van der Waals surface area contributed by atoms with Gasteiger partial charge in [-0.05, 0) is 36.1 Å². The van der Waals surface area contributed by atoms with Crippen LogP contribution in [0.15, 0.2) is 54.6 Å². The quantitative estimate of drug-likeness (QED) is 0.700. The van der Waals surface area contributed by atoms with Crippen molar-refractivity contribution in [1.29, 1.82) is 0 Å². The van der Waals surface area contributed by atoms with Crippen molar-refractivity contribution in [3.63, 3.8) is 0 Å². The Bertz CT molecular complexity index is 788. The second kappa shape index (κ2) is 9.52. The van der Waals surface area contributed by atoms with Gasteiger partial charge >= 0.3 is 5.97 Å². The minimum atomic E-state index is -0.962. The summed E-state index contributed by atoms with van der Waals surface area (Å²) in [6.45, 7) is 3.63. The lowest BCUT2D eigenvalue weighted by molar-refractivity contribution is -0.144. The first kappa shape index (κ1) is 20.2. The molecule has 0 aliphatic heterocycles. The molecule has 2 aromatic rings. The normalized spacial score (nSPS) is 12.7. The van der Waals surface area contributed by atoms with Crippen LogP contribution in [-0.2, 0) is 14.3 Å². The molecule has 0 saturated heterocycles. The average molecular weight is 368 g/mol. The molecule has 142 valence electrons. The van der Waals surface area contributed by atoms with E-state index in [9.17, 15) is 14.4 Å². The lowest BCUT2D eigenvalue weighted by atomic mass is 9.97. The Kier molecular flexibility index (Phi) is 7.11. The minimum Gasteiger partial charge on any atom is -0.466 e. The average Bonchev–Trinajstić information content (AvgIpc) is 2.66. The van der Waals surface area contributed by atoms with Gasteiger partial charge in [-0.3, -0.25) is 14.4 Å². The number of nitrogens with one attached hydrogen (secondary N) is 1. The number of amides is 2. The Balaban J connectivity index is 2.06. The SMILES string of the molecule is CCOC(=O)C[C@H](C)[C@@H](NC(=O)c1ccc(-c2ccccc2)cc1)C(N)=O. The number of hydrogen-bond acceptors (Lipinski definition) is 4. The molecule has 27 heavy (non-hydrogen) atoms. The van der Waals surface area contributed by atoms with Crippen molar-refractivity contribution in [1.82, 2.24) is 5.32 Å². The second-order valence-corrected chi connectivity index (χ2v) is 6.28. The Morgan fingerprint density at radius 2 is 1.59 bits per heavy atom. The number of ether oxygens (including phenoxy) is 1. The summed E-state index contributed by atoms with van der Waals surface area (Å²) in [5.41, 5.74) is 7.84. The van der Waals surface area contributed by atoms with Crippen LogP contribution in [0, 0.1) is 5.92 Å². The van der Waals surface area contributed by atoms with Crippen molar-refractivity contribution in [2.45, 2.75) is 26.3 Å². The van der Waals surface area contributed by atoms with Crippen LogP contribution in [-0.4, -0.2) is 30.4 Å². The standard InChI is InChI=1S/C21H24N2O4/c1-3-27-18(24)13-14(2)19(20(22)25)23-21(26)17-11-9-16(10-12-17)15-7-5-4-6-8-15/h4-12,14,19H,3,13H2,1-2H3,(H2,22,25)(H,23,26)/t14-,19+/m0/s1. The summed E-state index contributed by atoms with van der Waals surface area (Å²) < 4.78 is 4.88. The number of hydrogen-bond donors (Lipinski definition) is 2. The van der Waals surface area contributed by atoms with Gasteiger partial charge in [0.15, 0.2) is 0 Å². The molecule has 0 unspecified atom stereocenters. The van der Waals surface area contributed by atoms with E-state index in [1.807, 2.05) is 42.5 Å². The van der Waals surface area contributed by atoms with Crippen molar-refractivity contribution in [3.8, 4) is 11.1 Å². The van der Waals surface area contributed by atoms with Crippen LogP contribution in [0.3, 0.4) is 0 Å². The minimum absolute atomic E-state index is 0.00529. The molecule has 2 rings (SSSR count). The first-order valence-corrected chi connectivity index (χ1v) is 8.83. The molecule has 0 aromatic heterocycles. The number of benzene rings is 2. The molecule has 2 aromatic carbocycles. The van der Waals surface area contributed by atoms with Crippen molar-refractivity contribution >= 4 is 17.8 Å². The number of primary amides is 1. The molecule has 6 nitrogen and oxygen atoms in total. The zero-order valence-corrected chi connectivity index (χ0v) is 15.5. The molecule has 3 N–H and O–H groups in total. The van der Waals surface area contributed by atoms with Gasteiger partial charge in [-0.25, -0.2) is 0 Å². The third-order valence-corrected chi connectivity index (χ3v) is 4.21. The smallest absolute Gasteiger partial charge is 0.306 e. The van der Waals surface area contributed by atoms with E-state index in [1.165, 1.54) is 0 Å². The number of esters is 1. The Hall–Kier alpha value is -3.15. The largest absolute Gasteiger partial charge is 0.466 e. The van der Waals surface area contributed by atoms with Gasteiger partial charge in [0.05, 0.1) is 13.0 Å². The van der Waals surface area contributed by atoms with Crippen LogP contribution >= 0.6 is 0 Å². The zero-order valence-electron chi connectivity index (χ0n) is 15.5. The van der Waals surface area contributed by atoms with E-state index in [-0.39, 0.29) is 13.0 Å². The van der Waals surface area contributed by atoms with Crippen LogP contribution in [0.25, 0.3) is 11.1 Å². The van der Waals surface area contributed by atoms with Crippen molar-refractivity contribution in [2.75, 3.05) is 6.61 Å². The van der Waals surface area contributed by atoms with Gasteiger partial charge in [-0.2, -0.15) is 0 Å². The van der Waals surface area contributed by atoms with Crippen LogP contribution in [0.4, 0.5) is 0 Å². The van der Waals surface area contributed by atoms with Gasteiger partial charge in [0.1, 0.15) is 6.04 Å². The first-order valence-electron chi connectivity index (χ1n) is 8.83. The third kappa shape index (κ3) is 5.67. The molecule has 2 amide bonds. The van der Waals surface area contributed by atoms with Gasteiger partial charge in [0.2, 0.25) is 5.91 Å². The zero-order chi connectivity index (χ0) is 19.8. The number of carbonyl (C=O) groups excluding carboxylic acids is 3. The molecular formula is C21H24N2O4. The first-order chi connectivity index (χ1) is 12.9. The summed E-state index contributed by atoms with van der Waals surface area (Å²) >= 11 is 0. The van der Waals surface area contributed by atoms with E-state index >= 15 is 0 Å². The Morgan fingerprint density at radius 1 is 1.00 bits per heavy atom. The highest BCUT2D eigenvalue weighted by Crippen LogP contribution is 2.19. The summed E-state index contributed by atoms with van der Waals surface area (Å²) in [6, 6.07) is 15.9. The van der Waals surface area contributed by atoms with Crippen LogP contribution in [0.2, 0.25) is 0 Å². The van der Waals surface area contributed by atoms with Crippen molar-refractivity contribution in [3.05, 3.63) is 60.2 Å². The van der Waals surface area contributed by atoms with E-state index in [4.69, 9.17) is 10.5 Å². The maximum Gasteiger partial charge on any atom is 0.306 e. The Morgan fingerprint density at radius 3 is 2.15 bits per heavy atom. The molecule has 0 radical (unpaired) electrons. The summed E-state index contributed by atoms with van der Waals surface area (Å²) in [7, 11) is 0. The molecule has 0 aliphatic carbocycles. The summed E-state index contributed by atoms with van der Waals surface area (Å²) in [4.78, 5) is 35.9. The topological polar surface area (TPSA) is 98.5 Å².